The zero-order valence-electron chi connectivity index (χ0n) is 9.58. The molecule has 2 N–H and O–H groups in total. The molecule has 16 heavy (non-hydrogen) atoms. The summed E-state index contributed by atoms with van der Waals surface area (Å²) < 4.78 is 13.3. The number of halogens is 1. The van der Waals surface area contributed by atoms with Gasteiger partial charge >= 0.3 is 0 Å². The summed E-state index contributed by atoms with van der Waals surface area (Å²) in [5.74, 6) is -0.345. The number of aromatic nitrogens is 1. The van der Waals surface area contributed by atoms with E-state index in [1.807, 2.05) is 0 Å². The Hall–Kier alpha value is -0.960. The third-order valence-corrected chi connectivity index (χ3v) is 3.58. The highest BCUT2D eigenvalue weighted by molar-refractivity contribution is 5.11. The zero-order chi connectivity index (χ0) is 11.4. The molecule has 1 aliphatic rings. The molecule has 0 radical (unpaired) electrons. The van der Waals surface area contributed by atoms with Crippen molar-refractivity contribution < 1.29 is 4.39 Å². The van der Waals surface area contributed by atoms with Crippen LogP contribution in [-0.2, 0) is 6.42 Å². The van der Waals surface area contributed by atoms with Gasteiger partial charge in [-0.1, -0.05) is 25.3 Å². The SMILES string of the molecule is NC1(CCc2cccnc2F)CCCCC1. The maximum Gasteiger partial charge on any atom is 0.216 e. The van der Waals surface area contributed by atoms with E-state index in [4.69, 9.17) is 5.73 Å². The van der Waals surface area contributed by atoms with Crippen LogP contribution in [0.3, 0.4) is 0 Å². The largest absolute Gasteiger partial charge is 0.325 e. The predicted molar refractivity (Wildman–Crippen MR) is 62.5 cm³/mol. The number of aryl methyl sites for hydroxylation is 1. The van der Waals surface area contributed by atoms with E-state index in [1.165, 1.54) is 25.5 Å². The number of hydrogen-bond acceptors (Lipinski definition) is 2. The van der Waals surface area contributed by atoms with E-state index in [2.05, 4.69) is 4.98 Å². The normalized spacial score (nSPS) is 19.6. The Morgan fingerprint density at radius 2 is 2.06 bits per heavy atom. The van der Waals surface area contributed by atoms with E-state index in [0.717, 1.165) is 19.3 Å². The first-order valence-electron chi connectivity index (χ1n) is 6.08. The quantitative estimate of drug-likeness (QED) is 0.799. The van der Waals surface area contributed by atoms with Gasteiger partial charge in [-0.05, 0) is 31.7 Å². The summed E-state index contributed by atoms with van der Waals surface area (Å²) in [5.41, 5.74) is 6.94. The van der Waals surface area contributed by atoms with Gasteiger partial charge in [-0.3, -0.25) is 0 Å². The Kier molecular flexibility index (Phi) is 3.54. The molecule has 0 aliphatic heterocycles. The van der Waals surface area contributed by atoms with Crippen molar-refractivity contribution in [2.24, 2.45) is 5.73 Å². The van der Waals surface area contributed by atoms with Gasteiger partial charge in [0.15, 0.2) is 0 Å². The van der Waals surface area contributed by atoms with Crippen LogP contribution in [0.15, 0.2) is 18.3 Å². The number of pyridine rings is 1. The Morgan fingerprint density at radius 3 is 2.75 bits per heavy atom. The van der Waals surface area contributed by atoms with Crippen molar-refractivity contribution in [1.82, 2.24) is 4.98 Å². The first kappa shape index (κ1) is 11.5. The molecule has 0 unspecified atom stereocenters. The van der Waals surface area contributed by atoms with E-state index in [-0.39, 0.29) is 11.5 Å². The van der Waals surface area contributed by atoms with Crippen molar-refractivity contribution >= 4 is 0 Å². The molecule has 1 heterocycles. The van der Waals surface area contributed by atoms with Crippen LogP contribution in [-0.4, -0.2) is 10.5 Å². The monoisotopic (exact) mass is 222 g/mol. The number of rotatable bonds is 3. The van der Waals surface area contributed by atoms with Crippen LogP contribution < -0.4 is 5.73 Å². The van der Waals surface area contributed by atoms with E-state index >= 15 is 0 Å². The molecule has 2 rings (SSSR count). The van der Waals surface area contributed by atoms with Gasteiger partial charge < -0.3 is 5.73 Å². The average molecular weight is 222 g/mol. The number of nitrogens with two attached hydrogens (primary N) is 1. The zero-order valence-corrected chi connectivity index (χ0v) is 9.58. The standard InChI is InChI=1S/C13H19FN2/c14-12-11(5-4-10-16-12)6-9-13(15)7-2-1-3-8-13/h4-5,10H,1-3,6-9,15H2. The highest BCUT2D eigenvalue weighted by Crippen LogP contribution is 2.29. The second-order valence-corrected chi connectivity index (χ2v) is 4.88. The van der Waals surface area contributed by atoms with Gasteiger partial charge in [-0.25, -0.2) is 4.98 Å². The van der Waals surface area contributed by atoms with Gasteiger partial charge in [0.05, 0.1) is 0 Å². The summed E-state index contributed by atoms with van der Waals surface area (Å²) in [7, 11) is 0. The summed E-state index contributed by atoms with van der Waals surface area (Å²) in [6.07, 6.45) is 8.94. The van der Waals surface area contributed by atoms with E-state index < -0.39 is 0 Å². The van der Waals surface area contributed by atoms with Crippen molar-refractivity contribution in [1.29, 1.82) is 0 Å². The lowest BCUT2D eigenvalue weighted by atomic mass is 9.79. The second-order valence-electron chi connectivity index (χ2n) is 4.88. The summed E-state index contributed by atoms with van der Waals surface area (Å²) in [4.78, 5) is 3.66. The van der Waals surface area contributed by atoms with Crippen LogP contribution in [0.25, 0.3) is 0 Å². The predicted octanol–water partition coefficient (Wildman–Crippen LogP) is 2.81. The fraction of sp³-hybridized carbons (Fsp3) is 0.615. The van der Waals surface area contributed by atoms with Gasteiger partial charge in [0.2, 0.25) is 5.95 Å². The van der Waals surface area contributed by atoms with Crippen LogP contribution in [0.1, 0.15) is 44.1 Å². The number of nitrogens with zero attached hydrogens (tertiary/aromatic N) is 1. The van der Waals surface area contributed by atoms with Gasteiger partial charge in [0.25, 0.3) is 0 Å². The van der Waals surface area contributed by atoms with Crippen LogP contribution in [0, 0.1) is 5.95 Å². The lowest BCUT2D eigenvalue weighted by Crippen LogP contribution is -2.42. The van der Waals surface area contributed by atoms with Crippen LogP contribution in [0.5, 0.6) is 0 Å². The molecule has 2 nitrogen and oxygen atoms in total. The molecule has 3 heteroatoms. The molecular weight excluding hydrogens is 203 g/mol. The Labute approximate surface area is 96.1 Å². The van der Waals surface area contributed by atoms with E-state index in [9.17, 15) is 4.39 Å². The summed E-state index contributed by atoms with van der Waals surface area (Å²) in [6, 6.07) is 3.58. The molecule has 1 aromatic rings. The molecule has 1 fully saturated rings. The third-order valence-electron chi connectivity index (χ3n) is 3.58. The number of hydrogen-bond donors (Lipinski definition) is 1. The minimum atomic E-state index is -0.345. The van der Waals surface area contributed by atoms with Crippen molar-refractivity contribution in [3.05, 3.63) is 29.8 Å². The molecule has 0 atom stereocenters. The second kappa shape index (κ2) is 4.91. The molecule has 1 aliphatic carbocycles. The Bertz CT molecular complexity index is 346. The maximum atomic E-state index is 13.3. The van der Waals surface area contributed by atoms with Crippen LogP contribution in [0.2, 0.25) is 0 Å². The molecule has 0 amide bonds. The third kappa shape index (κ3) is 2.79. The van der Waals surface area contributed by atoms with Crippen molar-refractivity contribution in [2.45, 2.75) is 50.5 Å². The topological polar surface area (TPSA) is 38.9 Å². The molecule has 1 saturated carbocycles. The lowest BCUT2D eigenvalue weighted by molar-refractivity contribution is 0.277. The fourth-order valence-corrected chi connectivity index (χ4v) is 2.50. The summed E-state index contributed by atoms with van der Waals surface area (Å²) in [6.45, 7) is 0. The highest BCUT2D eigenvalue weighted by atomic mass is 19.1. The lowest BCUT2D eigenvalue weighted by Gasteiger charge is -2.33. The minimum Gasteiger partial charge on any atom is -0.325 e. The van der Waals surface area contributed by atoms with E-state index in [0.29, 0.717) is 12.0 Å². The van der Waals surface area contributed by atoms with Gasteiger partial charge in [0, 0.05) is 17.3 Å². The Balaban J connectivity index is 1.94. The van der Waals surface area contributed by atoms with Crippen LogP contribution >= 0.6 is 0 Å². The van der Waals surface area contributed by atoms with Gasteiger partial charge in [-0.2, -0.15) is 4.39 Å². The van der Waals surface area contributed by atoms with Crippen molar-refractivity contribution in [3.63, 3.8) is 0 Å². The van der Waals surface area contributed by atoms with Crippen LogP contribution in [0.4, 0.5) is 4.39 Å². The molecule has 88 valence electrons. The van der Waals surface area contributed by atoms with Crippen molar-refractivity contribution in [2.75, 3.05) is 0 Å². The Morgan fingerprint density at radius 1 is 1.31 bits per heavy atom. The molecule has 0 bridgehead atoms. The van der Waals surface area contributed by atoms with Gasteiger partial charge in [0.1, 0.15) is 0 Å². The van der Waals surface area contributed by atoms with Gasteiger partial charge in [-0.15, -0.1) is 0 Å². The first-order chi connectivity index (χ1) is 7.70. The average Bonchev–Trinajstić information content (AvgIpc) is 2.29. The molecule has 0 aromatic carbocycles. The minimum absolute atomic E-state index is 0.0689. The molecule has 0 spiro atoms. The smallest absolute Gasteiger partial charge is 0.216 e. The molecular formula is C13H19FN2. The van der Waals surface area contributed by atoms with E-state index in [1.54, 1.807) is 12.1 Å². The highest BCUT2D eigenvalue weighted by Gasteiger charge is 2.27. The summed E-state index contributed by atoms with van der Waals surface area (Å²) in [5, 5.41) is 0. The fourth-order valence-electron chi connectivity index (χ4n) is 2.50. The summed E-state index contributed by atoms with van der Waals surface area (Å²) >= 11 is 0. The first-order valence-corrected chi connectivity index (χ1v) is 6.08. The molecule has 0 saturated heterocycles. The van der Waals surface area contributed by atoms with Crippen molar-refractivity contribution in [3.8, 4) is 0 Å². The maximum absolute atomic E-state index is 13.3. The molecule has 1 aromatic heterocycles.